The Hall–Kier alpha value is -0.750. The summed E-state index contributed by atoms with van der Waals surface area (Å²) >= 11 is 11.6. The third-order valence-electron chi connectivity index (χ3n) is 2.17. The van der Waals surface area contributed by atoms with Gasteiger partial charge < -0.3 is 5.73 Å². The van der Waals surface area contributed by atoms with Gasteiger partial charge >= 0.3 is 0 Å². The monoisotopic (exact) mass is 294 g/mol. The Balaban J connectivity index is 3.35. The largest absolute Gasteiger partial charge is 0.396 e. The predicted molar refractivity (Wildman–Crippen MR) is 70.9 cm³/mol. The second-order valence-electron chi connectivity index (χ2n) is 3.35. The molecule has 0 aromatic heterocycles. The molecule has 94 valence electrons. The molecule has 0 aliphatic heterocycles. The van der Waals surface area contributed by atoms with Crippen molar-refractivity contribution in [2.75, 3.05) is 19.3 Å². The fraction of sp³-hybridized carbons (Fsp3) is 0.200. The van der Waals surface area contributed by atoms with Gasteiger partial charge in [0.25, 0.3) is 0 Å². The molecule has 0 saturated carbocycles. The zero-order chi connectivity index (χ0) is 13.2. The Morgan fingerprint density at radius 1 is 1.47 bits per heavy atom. The molecule has 0 amide bonds. The van der Waals surface area contributed by atoms with Gasteiger partial charge in [-0.05, 0) is 12.1 Å². The molecule has 1 rings (SSSR count). The van der Waals surface area contributed by atoms with Crippen LogP contribution in [0.15, 0.2) is 29.7 Å². The molecular weight excluding hydrogens is 283 g/mol. The molecule has 0 heterocycles. The first-order valence-corrected chi connectivity index (χ1v) is 6.82. The molecule has 0 saturated heterocycles. The van der Waals surface area contributed by atoms with E-state index < -0.39 is 10.0 Å². The van der Waals surface area contributed by atoms with E-state index in [1.807, 2.05) is 0 Å². The first kappa shape index (κ1) is 14.3. The number of nitrogen functional groups attached to an aromatic ring is 1. The van der Waals surface area contributed by atoms with Crippen molar-refractivity contribution in [3.63, 3.8) is 0 Å². The Morgan fingerprint density at radius 2 is 2.06 bits per heavy atom. The van der Waals surface area contributed by atoms with Gasteiger partial charge in [0, 0.05) is 13.6 Å². The number of halogens is 2. The SMILES string of the molecule is C=CCN(C)S(=O)(=O)c1ccc(Cl)c(N)c1Cl. The van der Waals surface area contributed by atoms with Gasteiger partial charge in [0.05, 0.1) is 15.7 Å². The second kappa shape index (κ2) is 5.27. The number of likely N-dealkylation sites (N-methyl/N-ethyl adjacent to an activating group) is 1. The summed E-state index contributed by atoms with van der Waals surface area (Å²) in [7, 11) is -2.25. The molecular formula is C10H12Cl2N2O2S. The first-order chi connectivity index (χ1) is 7.82. The quantitative estimate of drug-likeness (QED) is 0.685. The highest BCUT2D eigenvalue weighted by Gasteiger charge is 2.24. The Labute approximate surface area is 111 Å². The van der Waals surface area contributed by atoms with Gasteiger partial charge in [-0.15, -0.1) is 6.58 Å². The minimum absolute atomic E-state index is 0.0569. The summed E-state index contributed by atoms with van der Waals surface area (Å²) in [5.41, 5.74) is 5.64. The highest BCUT2D eigenvalue weighted by molar-refractivity contribution is 7.89. The molecule has 0 aliphatic carbocycles. The van der Waals surface area contributed by atoms with Crippen LogP contribution in [0.2, 0.25) is 10.0 Å². The summed E-state index contributed by atoms with van der Waals surface area (Å²) in [6.07, 6.45) is 1.48. The molecule has 1 aromatic rings. The van der Waals surface area contributed by atoms with Gasteiger partial charge in [-0.25, -0.2) is 8.42 Å². The summed E-state index contributed by atoms with van der Waals surface area (Å²) in [6.45, 7) is 3.66. The number of sulfonamides is 1. The molecule has 0 aliphatic rings. The van der Waals surface area contributed by atoms with Gasteiger partial charge in [0.2, 0.25) is 10.0 Å². The third-order valence-corrected chi connectivity index (χ3v) is 4.88. The lowest BCUT2D eigenvalue weighted by Gasteiger charge is -2.17. The van der Waals surface area contributed by atoms with Crippen molar-refractivity contribution in [1.29, 1.82) is 0 Å². The fourth-order valence-electron chi connectivity index (χ4n) is 1.20. The van der Waals surface area contributed by atoms with Gasteiger partial charge in [-0.3, -0.25) is 0 Å². The summed E-state index contributed by atoms with van der Waals surface area (Å²) in [5.74, 6) is 0. The average Bonchev–Trinajstić information content (AvgIpc) is 2.26. The van der Waals surface area contributed by atoms with Crippen molar-refractivity contribution < 1.29 is 8.42 Å². The van der Waals surface area contributed by atoms with Crippen molar-refractivity contribution in [1.82, 2.24) is 4.31 Å². The van der Waals surface area contributed by atoms with Gasteiger partial charge in [-0.2, -0.15) is 4.31 Å². The lowest BCUT2D eigenvalue weighted by molar-refractivity contribution is 0.499. The highest BCUT2D eigenvalue weighted by Crippen LogP contribution is 2.34. The zero-order valence-corrected chi connectivity index (χ0v) is 11.5. The maximum absolute atomic E-state index is 12.1. The molecule has 0 radical (unpaired) electrons. The van der Waals surface area contributed by atoms with Crippen molar-refractivity contribution in [2.24, 2.45) is 0 Å². The predicted octanol–water partition coefficient (Wildman–Crippen LogP) is 2.38. The molecule has 1 aromatic carbocycles. The lowest BCUT2D eigenvalue weighted by Crippen LogP contribution is -2.27. The molecule has 17 heavy (non-hydrogen) atoms. The van der Waals surface area contributed by atoms with Crippen LogP contribution >= 0.6 is 23.2 Å². The van der Waals surface area contributed by atoms with Crippen molar-refractivity contribution in [3.8, 4) is 0 Å². The van der Waals surface area contributed by atoms with E-state index in [2.05, 4.69) is 6.58 Å². The molecule has 0 atom stereocenters. The number of benzene rings is 1. The maximum atomic E-state index is 12.1. The fourth-order valence-corrected chi connectivity index (χ4v) is 3.07. The standard InChI is InChI=1S/C10H12Cl2N2O2S/c1-3-6-14(2)17(15,16)8-5-4-7(11)10(13)9(8)12/h3-5H,1,6,13H2,2H3. The van der Waals surface area contributed by atoms with Crippen molar-refractivity contribution in [3.05, 3.63) is 34.8 Å². The first-order valence-electron chi connectivity index (χ1n) is 4.63. The summed E-state index contributed by atoms with van der Waals surface area (Å²) in [6, 6.07) is 2.73. The lowest BCUT2D eigenvalue weighted by atomic mass is 10.3. The number of hydrogen-bond acceptors (Lipinski definition) is 3. The summed E-state index contributed by atoms with van der Waals surface area (Å²) < 4.78 is 25.3. The van der Waals surface area contributed by atoms with Gasteiger partial charge in [0.15, 0.2) is 0 Å². The minimum atomic E-state index is -3.68. The summed E-state index contributed by atoms with van der Waals surface area (Å²) in [5, 5.41) is 0.161. The van der Waals surface area contributed by atoms with E-state index in [1.54, 1.807) is 0 Å². The van der Waals surface area contributed by atoms with Gasteiger partial charge in [-0.1, -0.05) is 29.3 Å². The summed E-state index contributed by atoms with van der Waals surface area (Å²) in [4.78, 5) is -0.0644. The van der Waals surface area contributed by atoms with Crippen molar-refractivity contribution in [2.45, 2.75) is 4.90 Å². The topological polar surface area (TPSA) is 63.4 Å². The van der Waals surface area contributed by atoms with E-state index in [0.717, 1.165) is 4.31 Å². The van der Waals surface area contributed by atoms with E-state index in [-0.39, 0.29) is 27.2 Å². The van der Waals surface area contributed by atoms with E-state index in [9.17, 15) is 8.42 Å². The minimum Gasteiger partial charge on any atom is -0.396 e. The maximum Gasteiger partial charge on any atom is 0.244 e. The number of anilines is 1. The van der Waals surface area contributed by atoms with Crippen molar-refractivity contribution >= 4 is 38.9 Å². The van der Waals surface area contributed by atoms with E-state index in [0.29, 0.717) is 0 Å². The van der Waals surface area contributed by atoms with Crippen LogP contribution in [0.5, 0.6) is 0 Å². The van der Waals surface area contributed by atoms with E-state index in [4.69, 9.17) is 28.9 Å². The van der Waals surface area contributed by atoms with Crippen LogP contribution in [-0.4, -0.2) is 26.3 Å². The molecule has 2 N–H and O–H groups in total. The van der Waals surface area contributed by atoms with Crippen LogP contribution in [0, 0.1) is 0 Å². The third kappa shape index (κ3) is 2.74. The van der Waals surface area contributed by atoms with Crippen LogP contribution in [0.25, 0.3) is 0 Å². The van der Waals surface area contributed by atoms with E-state index >= 15 is 0 Å². The van der Waals surface area contributed by atoms with Crippen LogP contribution < -0.4 is 5.73 Å². The highest BCUT2D eigenvalue weighted by atomic mass is 35.5. The number of rotatable bonds is 4. The molecule has 0 bridgehead atoms. The second-order valence-corrected chi connectivity index (χ2v) is 6.15. The average molecular weight is 295 g/mol. The smallest absolute Gasteiger partial charge is 0.244 e. The molecule has 7 heteroatoms. The molecule has 0 unspecified atom stereocenters. The Morgan fingerprint density at radius 3 is 2.59 bits per heavy atom. The number of hydrogen-bond donors (Lipinski definition) is 1. The van der Waals surface area contributed by atoms with Crippen LogP contribution in [0.1, 0.15) is 0 Å². The van der Waals surface area contributed by atoms with Crippen LogP contribution in [0.3, 0.4) is 0 Å². The van der Waals surface area contributed by atoms with Gasteiger partial charge in [0.1, 0.15) is 4.90 Å². The molecule has 0 spiro atoms. The zero-order valence-electron chi connectivity index (χ0n) is 9.15. The number of nitrogens with zero attached hydrogens (tertiary/aromatic N) is 1. The van der Waals surface area contributed by atoms with E-state index in [1.165, 1.54) is 25.3 Å². The molecule has 4 nitrogen and oxygen atoms in total. The van der Waals surface area contributed by atoms with Crippen LogP contribution in [0.4, 0.5) is 5.69 Å². The van der Waals surface area contributed by atoms with Crippen LogP contribution in [-0.2, 0) is 10.0 Å². The molecule has 0 fully saturated rings. The Bertz CT molecular complexity index is 543. The number of nitrogens with two attached hydrogens (primary N) is 1. The Kier molecular flexibility index (Phi) is 4.43. The normalized spacial score (nSPS) is 11.8.